The van der Waals surface area contributed by atoms with Crippen molar-refractivity contribution >= 4 is 12.1 Å². The molecule has 1 amide bonds. The lowest BCUT2D eigenvalue weighted by Gasteiger charge is -2.26. The summed E-state index contributed by atoms with van der Waals surface area (Å²) in [7, 11) is 1.23. The van der Waals surface area contributed by atoms with E-state index in [-0.39, 0.29) is 32.4 Å². The third-order valence-corrected chi connectivity index (χ3v) is 3.64. The average Bonchev–Trinajstić information content (AvgIpc) is 2.52. The molecule has 1 fully saturated rings. The lowest BCUT2D eigenvalue weighted by atomic mass is 9.91. The molecule has 22 heavy (non-hydrogen) atoms. The van der Waals surface area contributed by atoms with Crippen LogP contribution in [-0.4, -0.2) is 48.7 Å². The summed E-state index contributed by atoms with van der Waals surface area (Å²) in [5.41, 5.74) is -0.657. The van der Waals surface area contributed by atoms with E-state index >= 15 is 0 Å². The molecule has 0 radical (unpaired) electrons. The number of rotatable bonds is 3. The smallest absolute Gasteiger partial charge is 0.410 e. The number of carbonyl (C=O) groups is 2. The van der Waals surface area contributed by atoms with Crippen LogP contribution >= 0.6 is 0 Å². The summed E-state index contributed by atoms with van der Waals surface area (Å²) in [4.78, 5) is 24.4. The number of methoxy groups -OCH3 is 1. The molecule has 0 saturated carbocycles. The molecular weight excluding hydrogens is 296 g/mol. The summed E-state index contributed by atoms with van der Waals surface area (Å²) in [5, 5.41) is 0. The Morgan fingerprint density at radius 1 is 1.27 bits per heavy atom. The number of alkyl halides is 2. The number of halogens is 2. The molecule has 0 aromatic heterocycles. The fourth-order valence-electron chi connectivity index (χ4n) is 2.38. The summed E-state index contributed by atoms with van der Waals surface area (Å²) in [6, 6.07) is 0. The molecule has 1 aliphatic heterocycles. The normalized spacial score (nSPS) is 21.9. The molecule has 1 saturated heterocycles. The maximum atomic E-state index is 14.1. The molecule has 1 unspecified atom stereocenters. The number of hydrogen-bond donors (Lipinski definition) is 0. The predicted octanol–water partition coefficient (Wildman–Crippen LogP) is 3.22. The average molecular weight is 321 g/mol. The quantitative estimate of drug-likeness (QED) is 0.749. The molecule has 0 aromatic carbocycles. The van der Waals surface area contributed by atoms with Crippen LogP contribution in [0.3, 0.4) is 0 Å². The highest BCUT2D eigenvalue weighted by Crippen LogP contribution is 2.37. The zero-order chi connectivity index (χ0) is 17.0. The molecule has 0 spiro atoms. The SMILES string of the molecule is COC(=O)CCC1CCN(C(=O)OC(C)(C)C)CCC1(F)F. The van der Waals surface area contributed by atoms with Gasteiger partial charge in [0.1, 0.15) is 5.60 Å². The van der Waals surface area contributed by atoms with E-state index in [9.17, 15) is 18.4 Å². The second kappa shape index (κ2) is 7.24. The van der Waals surface area contributed by atoms with E-state index in [0.29, 0.717) is 0 Å². The predicted molar refractivity (Wildman–Crippen MR) is 76.7 cm³/mol. The van der Waals surface area contributed by atoms with Crippen LogP contribution in [-0.2, 0) is 14.3 Å². The van der Waals surface area contributed by atoms with Crippen molar-refractivity contribution in [2.75, 3.05) is 20.2 Å². The maximum absolute atomic E-state index is 14.1. The monoisotopic (exact) mass is 321 g/mol. The third kappa shape index (κ3) is 5.77. The fraction of sp³-hybridized carbons (Fsp3) is 0.867. The van der Waals surface area contributed by atoms with Crippen molar-refractivity contribution in [3.8, 4) is 0 Å². The van der Waals surface area contributed by atoms with Crippen LogP contribution in [0.1, 0.15) is 46.5 Å². The minimum absolute atomic E-state index is 0.0385. The highest BCUT2D eigenvalue weighted by molar-refractivity contribution is 5.69. The summed E-state index contributed by atoms with van der Waals surface area (Å²) in [5.74, 6) is -4.33. The lowest BCUT2D eigenvalue weighted by Crippen LogP contribution is -2.37. The number of hydrogen-bond acceptors (Lipinski definition) is 4. The Labute approximate surface area is 129 Å². The van der Waals surface area contributed by atoms with E-state index in [4.69, 9.17) is 4.74 Å². The second-order valence-corrected chi connectivity index (χ2v) is 6.58. The Hall–Kier alpha value is -1.40. The van der Waals surface area contributed by atoms with Crippen molar-refractivity contribution in [3.63, 3.8) is 0 Å². The van der Waals surface area contributed by atoms with Gasteiger partial charge in [0.05, 0.1) is 7.11 Å². The minimum atomic E-state index is -2.90. The number of esters is 1. The standard InChI is InChI=1S/C15H25F2NO4/c1-14(2,3)22-13(20)18-9-7-11(5-6-12(19)21-4)15(16,17)8-10-18/h11H,5-10H2,1-4H3. The molecule has 5 nitrogen and oxygen atoms in total. The van der Waals surface area contributed by atoms with Gasteiger partial charge in [0.15, 0.2) is 0 Å². The summed E-state index contributed by atoms with van der Waals surface area (Å²) in [6.45, 7) is 5.36. The van der Waals surface area contributed by atoms with Crippen molar-refractivity contribution in [2.45, 2.75) is 58.0 Å². The topological polar surface area (TPSA) is 55.8 Å². The number of ether oxygens (including phenoxy) is 2. The molecule has 0 N–H and O–H groups in total. The first-order chi connectivity index (χ1) is 10.0. The van der Waals surface area contributed by atoms with Gasteiger partial charge in [-0.3, -0.25) is 4.79 Å². The van der Waals surface area contributed by atoms with Crippen molar-refractivity contribution in [3.05, 3.63) is 0 Å². The van der Waals surface area contributed by atoms with Gasteiger partial charge in [-0.1, -0.05) is 0 Å². The van der Waals surface area contributed by atoms with Crippen LogP contribution in [0.2, 0.25) is 0 Å². The number of likely N-dealkylation sites (tertiary alicyclic amines) is 1. The highest BCUT2D eigenvalue weighted by Gasteiger charge is 2.42. The van der Waals surface area contributed by atoms with Crippen molar-refractivity contribution in [2.24, 2.45) is 5.92 Å². The van der Waals surface area contributed by atoms with Crippen LogP contribution in [0.15, 0.2) is 0 Å². The van der Waals surface area contributed by atoms with E-state index in [0.717, 1.165) is 0 Å². The first-order valence-corrected chi connectivity index (χ1v) is 7.48. The van der Waals surface area contributed by atoms with Gasteiger partial charge in [0.2, 0.25) is 0 Å². The number of nitrogens with zero attached hydrogens (tertiary/aromatic N) is 1. The molecule has 128 valence electrons. The van der Waals surface area contributed by atoms with Gasteiger partial charge in [-0.25, -0.2) is 13.6 Å². The molecule has 1 heterocycles. The van der Waals surface area contributed by atoms with Gasteiger partial charge in [0, 0.05) is 31.8 Å². The first-order valence-electron chi connectivity index (χ1n) is 7.48. The molecule has 0 aromatic rings. The van der Waals surface area contributed by atoms with E-state index in [1.54, 1.807) is 20.8 Å². The Balaban J connectivity index is 2.64. The van der Waals surface area contributed by atoms with E-state index in [1.165, 1.54) is 12.0 Å². The van der Waals surface area contributed by atoms with Crippen LogP contribution in [0.25, 0.3) is 0 Å². The summed E-state index contributed by atoms with van der Waals surface area (Å²) in [6.07, 6.45) is -0.830. The first kappa shape index (κ1) is 18.6. The van der Waals surface area contributed by atoms with E-state index in [2.05, 4.69) is 4.74 Å². The molecule has 1 aliphatic rings. The summed E-state index contributed by atoms with van der Waals surface area (Å²) < 4.78 is 38.0. The number of amides is 1. The Morgan fingerprint density at radius 2 is 1.91 bits per heavy atom. The fourth-order valence-corrected chi connectivity index (χ4v) is 2.38. The van der Waals surface area contributed by atoms with Crippen molar-refractivity contribution in [1.29, 1.82) is 0 Å². The second-order valence-electron chi connectivity index (χ2n) is 6.58. The Kier molecular flexibility index (Phi) is 6.14. The lowest BCUT2D eigenvalue weighted by molar-refractivity contribution is -0.141. The third-order valence-electron chi connectivity index (χ3n) is 3.64. The largest absolute Gasteiger partial charge is 0.469 e. The van der Waals surface area contributed by atoms with E-state index in [1.807, 2.05) is 0 Å². The van der Waals surface area contributed by atoms with Crippen LogP contribution in [0, 0.1) is 5.92 Å². The Bertz CT molecular complexity index is 407. The van der Waals surface area contributed by atoms with Gasteiger partial charge in [0.25, 0.3) is 5.92 Å². The van der Waals surface area contributed by atoms with Gasteiger partial charge in [-0.15, -0.1) is 0 Å². The molecule has 0 bridgehead atoms. The number of carbonyl (C=O) groups excluding carboxylic acids is 2. The molecule has 1 atom stereocenters. The van der Waals surface area contributed by atoms with Crippen molar-refractivity contribution in [1.82, 2.24) is 4.90 Å². The highest BCUT2D eigenvalue weighted by atomic mass is 19.3. The Morgan fingerprint density at radius 3 is 2.45 bits per heavy atom. The van der Waals surface area contributed by atoms with Crippen LogP contribution in [0.5, 0.6) is 0 Å². The van der Waals surface area contributed by atoms with Gasteiger partial charge in [-0.2, -0.15) is 0 Å². The van der Waals surface area contributed by atoms with Gasteiger partial charge in [-0.05, 0) is 33.6 Å². The molecular formula is C15H25F2NO4. The van der Waals surface area contributed by atoms with Crippen molar-refractivity contribution < 1.29 is 27.8 Å². The van der Waals surface area contributed by atoms with Crippen LogP contribution < -0.4 is 0 Å². The van der Waals surface area contributed by atoms with Gasteiger partial charge >= 0.3 is 12.1 Å². The zero-order valence-corrected chi connectivity index (χ0v) is 13.7. The zero-order valence-electron chi connectivity index (χ0n) is 13.7. The summed E-state index contributed by atoms with van der Waals surface area (Å²) >= 11 is 0. The minimum Gasteiger partial charge on any atom is -0.469 e. The van der Waals surface area contributed by atoms with Crippen LogP contribution in [0.4, 0.5) is 13.6 Å². The maximum Gasteiger partial charge on any atom is 0.410 e. The van der Waals surface area contributed by atoms with E-state index < -0.39 is 35.9 Å². The molecule has 7 heteroatoms. The van der Waals surface area contributed by atoms with Gasteiger partial charge < -0.3 is 14.4 Å². The molecule has 1 rings (SSSR count). The molecule has 0 aliphatic carbocycles.